The van der Waals surface area contributed by atoms with Crippen molar-refractivity contribution in [3.8, 4) is 0 Å². The van der Waals surface area contributed by atoms with Crippen LogP contribution in [0.2, 0.25) is 0 Å². The fraction of sp³-hybridized carbons (Fsp3) is 0.529. The summed E-state index contributed by atoms with van der Waals surface area (Å²) in [7, 11) is 0. The number of carboxylic acid groups (broad SMARTS) is 1. The number of hydrogen-bond donors (Lipinski definition) is 2. The van der Waals surface area contributed by atoms with Crippen molar-refractivity contribution < 1.29 is 32.6 Å². The van der Waals surface area contributed by atoms with Gasteiger partial charge in [0.05, 0.1) is 5.56 Å². The molecular weight excluding hydrogens is 371 g/mol. The summed E-state index contributed by atoms with van der Waals surface area (Å²) in [6.07, 6.45) is -2.53. The Morgan fingerprint density at radius 2 is 1.96 bits per heavy atom. The van der Waals surface area contributed by atoms with E-state index in [0.29, 0.717) is 6.61 Å². The van der Waals surface area contributed by atoms with Crippen molar-refractivity contribution in [1.82, 2.24) is 5.32 Å². The quantitative estimate of drug-likeness (QED) is 0.608. The zero-order valence-corrected chi connectivity index (χ0v) is 15.0. The first kappa shape index (κ1) is 20.6. The zero-order valence-electron chi connectivity index (χ0n) is 14.2. The molecule has 1 aromatic carbocycles. The summed E-state index contributed by atoms with van der Waals surface area (Å²) >= 11 is 1.93. The lowest BCUT2D eigenvalue weighted by atomic mass is 10.0. The summed E-state index contributed by atoms with van der Waals surface area (Å²) in [5, 5.41) is 10.5. The maximum absolute atomic E-state index is 11.5. The molecule has 0 bridgehead atoms. The van der Waals surface area contributed by atoms with Crippen LogP contribution < -0.4 is 5.32 Å². The first-order valence-corrected chi connectivity index (χ1v) is 9.12. The summed E-state index contributed by atoms with van der Waals surface area (Å²) in [5.74, 6) is -0.937. The van der Waals surface area contributed by atoms with E-state index in [4.69, 9.17) is 14.6 Å². The minimum atomic E-state index is -5.08. The highest BCUT2D eigenvalue weighted by Gasteiger charge is 2.38. The Labute approximate surface area is 153 Å². The second kappa shape index (κ2) is 8.77. The average molecular weight is 391 g/mol. The van der Waals surface area contributed by atoms with E-state index in [-0.39, 0.29) is 5.97 Å². The van der Waals surface area contributed by atoms with Crippen LogP contribution in [0, 0.1) is 12.8 Å². The topological polar surface area (TPSA) is 75.6 Å². The number of hydrogen-bond acceptors (Lipinski definition) is 5. The molecule has 0 atom stereocenters. The van der Waals surface area contributed by atoms with Gasteiger partial charge in [-0.2, -0.15) is 13.2 Å². The maximum Gasteiger partial charge on any atom is 0.490 e. The Morgan fingerprint density at radius 1 is 1.35 bits per heavy atom. The van der Waals surface area contributed by atoms with Crippen LogP contribution in [0.3, 0.4) is 0 Å². The molecule has 2 aliphatic heterocycles. The molecule has 0 radical (unpaired) electrons. The first-order valence-electron chi connectivity index (χ1n) is 8.13. The fourth-order valence-corrected chi connectivity index (χ4v) is 3.99. The summed E-state index contributed by atoms with van der Waals surface area (Å²) in [4.78, 5) is 21.7. The first-order chi connectivity index (χ1) is 12.2. The van der Waals surface area contributed by atoms with Crippen LogP contribution in [-0.2, 0) is 16.1 Å². The van der Waals surface area contributed by atoms with Crippen LogP contribution >= 0.6 is 11.8 Å². The average Bonchev–Trinajstić information content (AvgIpc) is 2.97. The van der Waals surface area contributed by atoms with Gasteiger partial charge in [-0.05, 0) is 56.5 Å². The normalized spacial score (nSPS) is 17.2. The summed E-state index contributed by atoms with van der Waals surface area (Å²) in [5.41, 5.74) is 3.06. The number of carbonyl (C=O) groups is 2. The molecule has 2 heterocycles. The highest BCUT2D eigenvalue weighted by molar-refractivity contribution is 7.99. The predicted octanol–water partition coefficient (Wildman–Crippen LogP) is 3.39. The molecule has 0 aliphatic carbocycles. The molecule has 3 rings (SSSR count). The van der Waals surface area contributed by atoms with Crippen LogP contribution in [0.4, 0.5) is 13.2 Å². The van der Waals surface area contributed by atoms with Crippen LogP contribution in [0.15, 0.2) is 17.0 Å². The van der Waals surface area contributed by atoms with Crippen molar-refractivity contribution in [2.75, 3.05) is 18.8 Å². The summed E-state index contributed by atoms with van der Waals surface area (Å²) in [6.45, 7) is 4.85. The van der Waals surface area contributed by atoms with E-state index >= 15 is 0 Å². The Bertz CT molecular complexity index is 673. The number of fused-ring (bicyclic) bond motifs is 1. The van der Waals surface area contributed by atoms with Gasteiger partial charge in [-0.25, -0.2) is 9.59 Å². The number of carboxylic acids is 1. The van der Waals surface area contributed by atoms with Gasteiger partial charge < -0.3 is 15.2 Å². The van der Waals surface area contributed by atoms with Gasteiger partial charge in [0.1, 0.15) is 6.61 Å². The Balaban J connectivity index is 0.000000298. The number of rotatable bonds is 3. The number of thioether (sulfide) groups is 1. The van der Waals surface area contributed by atoms with Gasteiger partial charge in [0.15, 0.2) is 0 Å². The van der Waals surface area contributed by atoms with Gasteiger partial charge >= 0.3 is 18.1 Å². The number of aliphatic carboxylic acids is 1. The van der Waals surface area contributed by atoms with Crippen LogP contribution in [0.1, 0.15) is 34.3 Å². The summed E-state index contributed by atoms with van der Waals surface area (Å²) in [6, 6.07) is 3.99. The molecule has 1 saturated heterocycles. The van der Waals surface area contributed by atoms with Crippen molar-refractivity contribution in [2.24, 2.45) is 5.92 Å². The number of carbonyl (C=O) groups excluding carboxylic acids is 1. The number of esters is 1. The van der Waals surface area contributed by atoms with E-state index in [9.17, 15) is 18.0 Å². The fourth-order valence-electron chi connectivity index (χ4n) is 2.74. The van der Waals surface area contributed by atoms with E-state index in [0.717, 1.165) is 30.1 Å². The molecule has 1 fully saturated rings. The van der Waals surface area contributed by atoms with Gasteiger partial charge in [-0.3, -0.25) is 0 Å². The van der Waals surface area contributed by atoms with Crippen molar-refractivity contribution in [2.45, 2.75) is 37.4 Å². The lowest BCUT2D eigenvalue weighted by molar-refractivity contribution is -0.192. The lowest BCUT2D eigenvalue weighted by Gasteiger charge is -2.22. The number of alkyl halides is 3. The molecule has 9 heteroatoms. The third kappa shape index (κ3) is 5.38. The van der Waals surface area contributed by atoms with Gasteiger partial charge in [0, 0.05) is 16.2 Å². The molecule has 26 heavy (non-hydrogen) atoms. The van der Waals surface area contributed by atoms with Crippen molar-refractivity contribution in [3.05, 3.63) is 28.8 Å². The number of nitrogens with one attached hydrogen (secondary N) is 1. The van der Waals surface area contributed by atoms with Crippen LogP contribution in [0.25, 0.3) is 0 Å². The van der Waals surface area contributed by atoms with Crippen molar-refractivity contribution in [1.29, 1.82) is 0 Å². The van der Waals surface area contributed by atoms with Crippen molar-refractivity contribution >= 4 is 23.7 Å². The molecule has 0 amide bonds. The number of cyclic esters (lactones) is 1. The van der Waals surface area contributed by atoms with E-state index < -0.39 is 12.1 Å². The van der Waals surface area contributed by atoms with Crippen molar-refractivity contribution in [3.63, 3.8) is 0 Å². The number of ether oxygens (including phenoxy) is 1. The second-order valence-corrected chi connectivity index (χ2v) is 7.16. The van der Waals surface area contributed by atoms with E-state index in [1.165, 1.54) is 29.1 Å². The molecule has 5 nitrogen and oxygen atoms in total. The smallest absolute Gasteiger partial charge is 0.475 e. The molecule has 2 N–H and O–H groups in total. The number of benzene rings is 1. The van der Waals surface area contributed by atoms with Gasteiger partial charge in [-0.15, -0.1) is 11.8 Å². The number of halogens is 3. The van der Waals surface area contributed by atoms with Gasteiger partial charge in [0.2, 0.25) is 0 Å². The van der Waals surface area contributed by atoms with Gasteiger partial charge in [0.25, 0.3) is 0 Å². The van der Waals surface area contributed by atoms with E-state index in [1.54, 1.807) is 0 Å². The molecule has 0 unspecified atom stereocenters. The van der Waals surface area contributed by atoms with E-state index in [2.05, 4.69) is 18.3 Å². The standard InChI is InChI=1S/C15H19NO2S.C2HF3O2/c1-10-13-8-18-15(17)12(13)2-3-14(10)19-9-11-4-6-16-7-5-11;3-2(4,5)1(6)7/h2-3,11,16H,4-9H2,1H3;(H,6,7). The third-order valence-electron chi connectivity index (χ3n) is 4.29. The molecule has 2 aliphatic rings. The minimum absolute atomic E-state index is 0.173. The monoisotopic (exact) mass is 391 g/mol. The number of piperidine rings is 1. The Morgan fingerprint density at radius 3 is 2.54 bits per heavy atom. The highest BCUT2D eigenvalue weighted by atomic mass is 32.2. The molecule has 0 aromatic heterocycles. The Kier molecular flexibility index (Phi) is 6.94. The predicted molar refractivity (Wildman–Crippen MR) is 90.3 cm³/mol. The lowest BCUT2D eigenvalue weighted by Crippen LogP contribution is -2.28. The highest BCUT2D eigenvalue weighted by Crippen LogP contribution is 2.33. The molecule has 0 saturated carbocycles. The minimum Gasteiger partial charge on any atom is -0.475 e. The summed E-state index contributed by atoms with van der Waals surface area (Å²) < 4.78 is 36.8. The Hall–Kier alpha value is -1.74. The largest absolute Gasteiger partial charge is 0.490 e. The SMILES string of the molecule is Cc1c(SCC2CCNCC2)ccc2c1COC2=O.O=C(O)C(F)(F)F. The molecule has 1 aromatic rings. The second-order valence-electron chi connectivity index (χ2n) is 6.10. The van der Waals surface area contributed by atoms with E-state index in [1.807, 2.05) is 17.8 Å². The van der Waals surface area contributed by atoms with Gasteiger partial charge in [-0.1, -0.05) is 0 Å². The van der Waals surface area contributed by atoms with Crippen LogP contribution in [-0.4, -0.2) is 42.1 Å². The maximum atomic E-state index is 11.5. The molecule has 0 spiro atoms. The zero-order chi connectivity index (χ0) is 19.3. The van der Waals surface area contributed by atoms with Crippen LogP contribution in [0.5, 0.6) is 0 Å². The molecule has 144 valence electrons. The molecular formula is C17H20F3NO4S. The third-order valence-corrected chi connectivity index (χ3v) is 5.68.